The summed E-state index contributed by atoms with van der Waals surface area (Å²) in [5.74, 6) is 0. The minimum atomic E-state index is 0.425. The van der Waals surface area contributed by atoms with Gasteiger partial charge in [-0.15, -0.1) is 0 Å². The van der Waals surface area contributed by atoms with Crippen LogP contribution < -0.4 is 0 Å². The Bertz CT molecular complexity index is 725. The van der Waals surface area contributed by atoms with Gasteiger partial charge in [-0.1, -0.05) is 48.5 Å². The molecule has 2 nitrogen and oxygen atoms in total. The van der Waals surface area contributed by atoms with Crippen LogP contribution in [0.4, 0.5) is 0 Å². The fourth-order valence-electron chi connectivity index (χ4n) is 3.80. The fourth-order valence-corrected chi connectivity index (χ4v) is 5.09. The molecule has 4 heteroatoms. The molecule has 0 radical (unpaired) electrons. The molecule has 2 aromatic carbocycles. The zero-order valence-corrected chi connectivity index (χ0v) is 15.6. The SMILES string of the molecule is CCN1CCN([C@H]2Cc3ccccc3Sc3ccc(Cl)cc32)CC1. The van der Waals surface area contributed by atoms with E-state index in [0.717, 1.165) is 44.2 Å². The van der Waals surface area contributed by atoms with Gasteiger partial charge in [0.15, 0.2) is 0 Å². The topological polar surface area (TPSA) is 6.48 Å². The molecular formula is C20H23ClN2S. The largest absolute Gasteiger partial charge is 0.301 e. The minimum Gasteiger partial charge on any atom is -0.301 e. The molecule has 0 amide bonds. The predicted octanol–water partition coefficient (Wildman–Crippen LogP) is 4.73. The number of benzene rings is 2. The Hall–Kier alpha value is -1.00. The maximum absolute atomic E-state index is 6.36. The van der Waals surface area contributed by atoms with Crippen LogP contribution in [0.2, 0.25) is 5.02 Å². The first-order chi connectivity index (χ1) is 11.7. The van der Waals surface area contributed by atoms with Crippen LogP contribution in [0.3, 0.4) is 0 Å². The number of nitrogens with zero attached hydrogens (tertiary/aromatic N) is 2. The van der Waals surface area contributed by atoms with Gasteiger partial charge in [0.1, 0.15) is 0 Å². The number of halogens is 1. The van der Waals surface area contributed by atoms with Gasteiger partial charge >= 0.3 is 0 Å². The van der Waals surface area contributed by atoms with Crippen molar-refractivity contribution in [3.63, 3.8) is 0 Å². The number of fused-ring (bicyclic) bond motifs is 2. The second-order valence-corrected chi connectivity index (χ2v) is 8.10. The van der Waals surface area contributed by atoms with Crippen molar-refractivity contribution < 1.29 is 0 Å². The molecule has 2 heterocycles. The number of hydrogen-bond donors (Lipinski definition) is 0. The van der Waals surface area contributed by atoms with Crippen LogP contribution >= 0.6 is 23.4 Å². The Morgan fingerprint density at radius 2 is 1.83 bits per heavy atom. The van der Waals surface area contributed by atoms with E-state index in [1.165, 1.54) is 20.9 Å². The summed E-state index contributed by atoms with van der Waals surface area (Å²) in [7, 11) is 0. The van der Waals surface area contributed by atoms with Crippen molar-refractivity contribution in [2.45, 2.75) is 29.2 Å². The molecule has 2 aromatic rings. The highest BCUT2D eigenvalue weighted by Crippen LogP contribution is 2.43. The van der Waals surface area contributed by atoms with E-state index in [1.807, 2.05) is 17.8 Å². The zero-order chi connectivity index (χ0) is 16.5. The van der Waals surface area contributed by atoms with Gasteiger partial charge in [0.2, 0.25) is 0 Å². The average molecular weight is 359 g/mol. The van der Waals surface area contributed by atoms with Crippen molar-refractivity contribution in [2.75, 3.05) is 32.7 Å². The lowest BCUT2D eigenvalue weighted by molar-refractivity contribution is 0.0977. The van der Waals surface area contributed by atoms with Gasteiger partial charge in [0, 0.05) is 47.0 Å². The Labute approximate surface area is 153 Å². The molecule has 0 saturated carbocycles. The molecule has 1 fully saturated rings. The Morgan fingerprint density at radius 1 is 1.04 bits per heavy atom. The molecular weight excluding hydrogens is 336 g/mol. The molecule has 0 bridgehead atoms. The molecule has 1 atom stereocenters. The Morgan fingerprint density at radius 3 is 2.62 bits per heavy atom. The third kappa shape index (κ3) is 3.23. The third-order valence-electron chi connectivity index (χ3n) is 5.23. The van der Waals surface area contributed by atoms with E-state index in [4.69, 9.17) is 11.6 Å². The average Bonchev–Trinajstić information content (AvgIpc) is 2.78. The van der Waals surface area contributed by atoms with Crippen LogP contribution in [-0.4, -0.2) is 42.5 Å². The van der Waals surface area contributed by atoms with Gasteiger partial charge in [-0.3, -0.25) is 4.90 Å². The van der Waals surface area contributed by atoms with Crippen molar-refractivity contribution in [3.8, 4) is 0 Å². The highest BCUT2D eigenvalue weighted by atomic mass is 35.5. The summed E-state index contributed by atoms with van der Waals surface area (Å²) >= 11 is 8.24. The van der Waals surface area contributed by atoms with Crippen molar-refractivity contribution in [1.29, 1.82) is 0 Å². The number of piperazine rings is 1. The number of rotatable bonds is 2. The van der Waals surface area contributed by atoms with Crippen LogP contribution in [0.25, 0.3) is 0 Å². The van der Waals surface area contributed by atoms with E-state index >= 15 is 0 Å². The number of hydrogen-bond acceptors (Lipinski definition) is 3. The molecule has 4 rings (SSSR count). The molecule has 0 aliphatic carbocycles. The molecule has 1 saturated heterocycles. The first kappa shape index (κ1) is 16.5. The summed E-state index contributed by atoms with van der Waals surface area (Å²) in [6.45, 7) is 8.01. The van der Waals surface area contributed by atoms with E-state index in [0.29, 0.717) is 6.04 Å². The normalized spacial score (nSPS) is 21.8. The summed E-state index contributed by atoms with van der Waals surface area (Å²) in [6, 6.07) is 15.7. The van der Waals surface area contributed by atoms with Crippen molar-refractivity contribution in [3.05, 3.63) is 58.6 Å². The van der Waals surface area contributed by atoms with E-state index < -0.39 is 0 Å². The highest BCUT2D eigenvalue weighted by molar-refractivity contribution is 7.99. The van der Waals surface area contributed by atoms with Gasteiger partial charge in [-0.25, -0.2) is 0 Å². The van der Waals surface area contributed by atoms with Gasteiger partial charge < -0.3 is 4.90 Å². The van der Waals surface area contributed by atoms with Gasteiger partial charge in [-0.2, -0.15) is 0 Å². The fraction of sp³-hybridized carbons (Fsp3) is 0.400. The third-order valence-corrected chi connectivity index (χ3v) is 6.68. The molecule has 126 valence electrons. The van der Waals surface area contributed by atoms with E-state index in [2.05, 4.69) is 53.1 Å². The van der Waals surface area contributed by atoms with E-state index in [-0.39, 0.29) is 0 Å². The van der Waals surface area contributed by atoms with Crippen molar-refractivity contribution in [1.82, 2.24) is 9.80 Å². The molecule has 24 heavy (non-hydrogen) atoms. The maximum Gasteiger partial charge on any atom is 0.0410 e. The molecule has 0 N–H and O–H groups in total. The standard InChI is InChI=1S/C20H23ClN2S/c1-2-22-9-11-23(12-10-22)18-13-15-5-3-4-6-19(15)24-20-8-7-16(21)14-17(18)20/h3-8,14,18H,2,9-13H2,1H3/t18-/m0/s1. The first-order valence-corrected chi connectivity index (χ1v) is 9.95. The maximum atomic E-state index is 6.36. The lowest BCUT2D eigenvalue weighted by Gasteiger charge is -2.39. The summed E-state index contributed by atoms with van der Waals surface area (Å²) in [6.07, 6.45) is 1.07. The van der Waals surface area contributed by atoms with Gasteiger partial charge in [0.05, 0.1) is 0 Å². The summed E-state index contributed by atoms with van der Waals surface area (Å²) in [5.41, 5.74) is 2.85. The summed E-state index contributed by atoms with van der Waals surface area (Å²) in [4.78, 5) is 7.93. The highest BCUT2D eigenvalue weighted by Gasteiger charge is 2.29. The quantitative estimate of drug-likeness (QED) is 0.766. The molecule has 0 spiro atoms. The summed E-state index contributed by atoms with van der Waals surface area (Å²) < 4.78 is 0. The summed E-state index contributed by atoms with van der Waals surface area (Å²) in [5, 5.41) is 0.845. The van der Waals surface area contributed by atoms with E-state index in [1.54, 1.807) is 0 Å². The lowest BCUT2D eigenvalue weighted by Crippen LogP contribution is -2.47. The minimum absolute atomic E-state index is 0.425. The van der Waals surface area contributed by atoms with Crippen LogP contribution in [-0.2, 0) is 6.42 Å². The molecule has 0 aromatic heterocycles. The molecule has 2 aliphatic heterocycles. The predicted molar refractivity (Wildman–Crippen MR) is 102 cm³/mol. The van der Waals surface area contributed by atoms with Crippen LogP contribution in [0.1, 0.15) is 24.1 Å². The van der Waals surface area contributed by atoms with Crippen LogP contribution in [0, 0.1) is 0 Å². The monoisotopic (exact) mass is 358 g/mol. The second kappa shape index (κ2) is 7.09. The van der Waals surface area contributed by atoms with E-state index in [9.17, 15) is 0 Å². The van der Waals surface area contributed by atoms with Gasteiger partial charge in [-0.05, 0) is 48.4 Å². The van der Waals surface area contributed by atoms with Crippen LogP contribution in [0.15, 0.2) is 52.3 Å². The number of likely N-dealkylation sites (N-methyl/N-ethyl adjacent to an activating group) is 1. The van der Waals surface area contributed by atoms with Gasteiger partial charge in [0.25, 0.3) is 0 Å². The second-order valence-electron chi connectivity index (χ2n) is 6.58. The first-order valence-electron chi connectivity index (χ1n) is 8.76. The lowest BCUT2D eigenvalue weighted by atomic mass is 9.96. The van der Waals surface area contributed by atoms with Crippen molar-refractivity contribution >= 4 is 23.4 Å². The molecule has 2 aliphatic rings. The Kier molecular flexibility index (Phi) is 4.86. The Balaban J connectivity index is 1.71. The van der Waals surface area contributed by atoms with Crippen LogP contribution in [0.5, 0.6) is 0 Å². The zero-order valence-electron chi connectivity index (χ0n) is 14.0. The smallest absolute Gasteiger partial charge is 0.0410 e. The van der Waals surface area contributed by atoms with Crippen molar-refractivity contribution in [2.24, 2.45) is 0 Å². The molecule has 0 unspecified atom stereocenters.